The summed E-state index contributed by atoms with van der Waals surface area (Å²) in [5.74, 6) is -0.524. The zero-order valence-corrected chi connectivity index (χ0v) is 20.3. The van der Waals surface area contributed by atoms with Crippen molar-refractivity contribution >= 4 is 44.9 Å². The van der Waals surface area contributed by atoms with E-state index < -0.39 is 10.0 Å². The normalized spacial score (nSPS) is 16.5. The molecule has 6 nitrogen and oxygen atoms in total. The molecule has 0 aliphatic carbocycles. The quantitative estimate of drug-likeness (QED) is 0.571. The van der Waals surface area contributed by atoms with Gasteiger partial charge in [0.1, 0.15) is 0 Å². The van der Waals surface area contributed by atoms with Crippen LogP contribution in [0.15, 0.2) is 47.4 Å². The molecule has 2 aromatic carbocycles. The highest BCUT2D eigenvalue weighted by Crippen LogP contribution is 2.31. The van der Waals surface area contributed by atoms with Gasteiger partial charge in [-0.05, 0) is 49.6 Å². The molecule has 3 rings (SSSR count). The van der Waals surface area contributed by atoms with Crippen LogP contribution in [0.3, 0.4) is 0 Å². The summed E-state index contributed by atoms with van der Waals surface area (Å²) in [5, 5.41) is 4.08. The lowest BCUT2D eigenvalue weighted by Gasteiger charge is -2.31. The number of Topliss-reactive ketones (excluding diaryl/α,β-unsaturated/α-hetero) is 1. The second-order valence-corrected chi connectivity index (χ2v) is 10.8. The third kappa shape index (κ3) is 5.52. The Morgan fingerprint density at radius 2 is 1.62 bits per heavy atom. The molecule has 1 unspecified atom stereocenters. The number of ketones is 1. The molecule has 0 bridgehead atoms. The Hall–Kier alpha value is -1.93. The number of nitrogens with zero attached hydrogens (tertiary/aromatic N) is 1. The lowest BCUT2D eigenvalue weighted by atomic mass is 9.96. The Kier molecular flexibility index (Phi) is 7.98. The maximum atomic E-state index is 12.9. The minimum absolute atomic E-state index is 0.0569. The molecule has 9 heteroatoms. The van der Waals surface area contributed by atoms with Crippen LogP contribution in [0, 0.1) is 5.92 Å². The molecular weight excluding hydrogens is 471 g/mol. The molecule has 0 radical (unpaired) electrons. The van der Waals surface area contributed by atoms with Gasteiger partial charge in [-0.1, -0.05) is 48.3 Å². The zero-order chi connectivity index (χ0) is 23.5. The Morgan fingerprint density at radius 1 is 1.06 bits per heavy atom. The Bertz CT molecular complexity index is 1080. The minimum Gasteiger partial charge on any atom is -0.355 e. The summed E-state index contributed by atoms with van der Waals surface area (Å²) in [4.78, 5) is 24.2. The van der Waals surface area contributed by atoms with E-state index in [4.69, 9.17) is 23.2 Å². The van der Waals surface area contributed by atoms with E-state index in [0.717, 1.165) is 5.56 Å². The molecule has 32 heavy (non-hydrogen) atoms. The largest absolute Gasteiger partial charge is 0.355 e. The summed E-state index contributed by atoms with van der Waals surface area (Å²) in [6.07, 6.45) is 0.885. The van der Waals surface area contributed by atoms with Crippen molar-refractivity contribution in [2.75, 3.05) is 19.6 Å². The maximum Gasteiger partial charge on any atom is 0.243 e. The van der Waals surface area contributed by atoms with E-state index in [0.29, 0.717) is 35.0 Å². The molecule has 2 aromatic rings. The third-order valence-corrected chi connectivity index (χ3v) is 8.37. The summed E-state index contributed by atoms with van der Waals surface area (Å²) in [6.45, 7) is 4.30. The Balaban J connectivity index is 1.55. The van der Waals surface area contributed by atoms with E-state index in [2.05, 4.69) is 5.32 Å². The van der Waals surface area contributed by atoms with Crippen LogP contribution in [0.4, 0.5) is 0 Å². The third-order valence-electron chi connectivity index (χ3n) is 5.80. The minimum atomic E-state index is -3.66. The molecule has 0 saturated carbocycles. The molecule has 1 atom stereocenters. The number of nitrogens with one attached hydrogen (secondary N) is 1. The number of hydrogen-bond donors (Lipinski definition) is 1. The summed E-state index contributed by atoms with van der Waals surface area (Å²) < 4.78 is 27.2. The summed E-state index contributed by atoms with van der Waals surface area (Å²) in [5.41, 5.74) is 1.26. The number of carbonyl (C=O) groups excluding carboxylic acids is 2. The van der Waals surface area contributed by atoms with Crippen LogP contribution in [-0.4, -0.2) is 44.0 Å². The number of piperidine rings is 1. The van der Waals surface area contributed by atoms with Gasteiger partial charge in [-0.15, -0.1) is 0 Å². The van der Waals surface area contributed by atoms with Gasteiger partial charge in [-0.2, -0.15) is 4.31 Å². The van der Waals surface area contributed by atoms with Crippen molar-refractivity contribution in [3.63, 3.8) is 0 Å². The van der Waals surface area contributed by atoms with E-state index in [1.165, 1.54) is 35.5 Å². The Labute approximate surface area is 198 Å². The standard InChI is InChI=1S/C23H26Cl2N2O4S/c1-15(22-20(24)4-3-5-21(22)25)14-26-23(29)18-10-12-27(13-11-18)32(30,31)19-8-6-17(7-9-19)16(2)28/h3-9,15,18H,10-14H2,1-2H3,(H,26,29). The van der Waals surface area contributed by atoms with Crippen molar-refractivity contribution in [2.24, 2.45) is 5.92 Å². The highest BCUT2D eigenvalue weighted by atomic mass is 35.5. The van der Waals surface area contributed by atoms with Crippen LogP contribution in [0.5, 0.6) is 0 Å². The summed E-state index contributed by atoms with van der Waals surface area (Å²) >= 11 is 12.5. The number of amides is 1. The fourth-order valence-electron chi connectivity index (χ4n) is 3.85. The van der Waals surface area contributed by atoms with Crippen LogP contribution < -0.4 is 5.32 Å². The van der Waals surface area contributed by atoms with Crippen molar-refractivity contribution in [3.8, 4) is 0 Å². The maximum absolute atomic E-state index is 12.9. The summed E-state index contributed by atoms with van der Waals surface area (Å²) in [6, 6.07) is 11.2. The van der Waals surface area contributed by atoms with Gasteiger partial charge in [-0.3, -0.25) is 9.59 Å². The van der Waals surface area contributed by atoms with E-state index in [-0.39, 0.29) is 41.5 Å². The monoisotopic (exact) mass is 496 g/mol. The molecule has 1 heterocycles. The van der Waals surface area contributed by atoms with Gasteiger partial charge in [0.15, 0.2) is 5.78 Å². The average Bonchev–Trinajstić information content (AvgIpc) is 2.77. The van der Waals surface area contributed by atoms with Crippen LogP contribution in [0.25, 0.3) is 0 Å². The van der Waals surface area contributed by atoms with Gasteiger partial charge in [0.2, 0.25) is 15.9 Å². The number of carbonyl (C=O) groups is 2. The highest BCUT2D eigenvalue weighted by Gasteiger charge is 2.32. The number of sulfonamides is 1. The molecule has 1 amide bonds. The number of hydrogen-bond acceptors (Lipinski definition) is 4. The molecule has 0 spiro atoms. The van der Waals surface area contributed by atoms with Gasteiger partial charge >= 0.3 is 0 Å². The van der Waals surface area contributed by atoms with Crippen molar-refractivity contribution < 1.29 is 18.0 Å². The van der Waals surface area contributed by atoms with Gasteiger partial charge in [0.05, 0.1) is 4.90 Å². The number of rotatable bonds is 7. The molecular formula is C23H26Cl2N2O4S. The first-order chi connectivity index (χ1) is 15.1. The fourth-order valence-corrected chi connectivity index (χ4v) is 6.09. The van der Waals surface area contributed by atoms with Gasteiger partial charge in [-0.25, -0.2) is 8.42 Å². The van der Waals surface area contributed by atoms with Crippen LogP contribution >= 0.6 is 23.2 Å². The van der Waals surface area contributed by atoms with E-state index >= 15 is 0 Å². The molecule has 1 aliphatic heterocycles. The molecule has 1 fully saturated rings. The van der Waals surface area contributed by atoms with E-state index in [9.17, 15) is 18.0 Å². The first kappa shape index (κ1) is 24.7. The van der Waals surface area contributed by atoms with E-state index in [1.807, 2.05) is 6.92 Å². The first-order valence-corrected chi connectivity index (χ1v) is 12.6. The molecule has 0 aromatic heterocycles. The number of halogens is 2. The van der Waals surface area contributed by atoms with Crippen molar-refractivity contribution in [3.05, 3.63) is 63.6 Å². The predicted molar refractivity (Wildman–Crippen MR) is 126 cm³/mol. The van der Waals surface area contributed by atoms with Crippen molar-refractivity contribution in [1.82, 2.24) is 9.62 Å². The predicted octanol–water partition coefficient (Wildman–Crippen LogP) is 4.52. The average molecular weight is 497 g/mol. The highest BCUT2D eigenvalue weighted by molar-refractivity contribution is 7.89. The molecule has 172 valence electrons. The molecule has 1 N–H and O–H groups in total. The van der Waals surface area contributed by atoms with Gasteiger partial charge < -0.3 is 5.32 Å². The van der Waals surface area contributed by atoms with Crippen LogP contribution in [0.2, 0.25) is 10.0 Å². The Morgan fingerprint density at radius 3 is 2.16 bits per heavy atom. The zero-order valence-electron chi connectivity index (χ0n) is 18.0. The second kappa shape index (κ2) is 10.3. The molecule has 1 saturated heterocycles. The van der Waals surface area contributed by atoms with Gasteiger partial charge in [0, 0.05) is 47.1 Å². The fraction of sp³-hybridized carbons (Fsp3) is 0.391. The van der Waals surface area contributed by atoms with E-state index in [1.54, 1.807) is 18.2 Å². The SMILES string of the molecule is CC(=O)c1ccc(S(=O)(=O)N2CCC(C(=O)NCC(C)c3c(Cl)cccc3Cl)CC2)cc1. The van der Waals surface area contributed by atoms with Crippen molar-refractivity contribution in [2.45, 2.75) is 37.5 Å². The first-order valence-electron chi connectivity index (χ1n) is 10.4. The second-order valence-electron chi connectivity index (χ2n) is 8.04. The van der Waals surface area contributed by atoms with Crippen LogP contribution in [0.1, 0.15) is 48.5 Å². The topological polar surface area (TPSA) is 83.6 Å². The smallest absolute Gasteiger partial charge is 0.243 e. The lowest BCUT2D eigenvalue weighted by molar-refractivity contribution is -0.126. The molecule has 1 aliphatic rings. The van der Waals surface area contributed by atoms with Gasteiger partial charge in [0.25, 0.3) is 0 Å². The lowest BCUT2D eigenvalue weighted by Crippen LogP contribution is -2.43. The summed E-state index contributed by atoms with van der Waals surface area (Å²) in [7, 11) is -3.66. The van der Waals surface area contributed by atoms with Crippen LogP contribution in [-0.2, 0) is 14.8 Å². The van der Waals surface area contributed by atoms with Crippen molar-refractivity contribution in [1.29, 1.82) is 0 Å². The number of benzene rings is 2.